The Morgan fingerprint density at radius 3 is 3.00 bits per heavy atom. The first-order valence-electron chi connectivity index (χ1n) is 7.39. The zero-order valence-corrected chi connectivity index (χ0v) is 11.7. The van der Waals surface area contributed by atoms with Crippen LogP contribution in [0.5, 0.6) is 0 Å². The van der Waals surface area contributed by atoms with Gasteiger partial charge in [0.1, 0.15) is 5.76 Å². The highest BCUT2D eigenvalue weighted by Crippen LogP contribution is 2.20. The third-order valence-electron chi connectivity index (χ3n) is 3.85. The molecule has 19 heavy (non-hydrogen) atoms. The summed E-state index contributed by atoms with van der Waals surface area (Å²) >= 11 is 0. The third kappa shape index (κ3) is 4.06. The Kier molecular flexibility index (Phi) is 4.21. The zero-order chi connectivity index (χ0) is 13.1. The van der Waals surface area contributed by atoms with Gasteiger partial charge in [0.25, 0.3) is 0 Å². The van der Waals surface area contributed by atoms with E-state index >= 15 is 0 Å². The molecule has 1 aliphatic carbocycles. The van der Waals surface area contributed by atoms with Gasteiger partial charge in [-0.3, -0.25) is 4.90 Å². The van der Waals surface area contributed by atoms with Gasteiger partial charge in [-0.05, 0) is 38.8 Å². The summed E-state index contributed by atoms with van der Waals surface area (Å²) in [5.41, 5.74) is 1.26. The van der Waals surface area contributed by atoms with E-state index in [-0.39, 0.29) is 0 Å². The number of hydrogen-bond donors (Lipinski definition) is 1. The second kappa shape index (κ2) is 6.07. The molecule has 4 nitrogen and oxygen atoms in total. The first-order chi connectivity index (χ1) is 9.29. The molecule has 4 heteroatoms. The summed E-state index contributed by atoms with van der Waals surface area (Å²) in [4.78, 5) is 2.28. The van der Waals surface area contributed by atoms with Crippen LogP contribution in [-0.4, -0.2) is 37.2 Å². The smallest absolute Gasteiger partial charge is 0.118 e. The van der Waals surface area contributed by atoms with Crippen LogP contribution in [0.2, 0.25) is 0 Å². The second-order valence-corrected chi connectivity index (χ2v) is 5.91. The molecule has 2 fully saturated rings. The van der Waals surface area contributed by atoms with Crippen LogP contribution in [0.15, 0.2) is 16.7 Å². The first kappa shape index (κ1) is 13.2. The summed E-state index contributed by atoms with van der Waals surface area (Å²) in [7, 11) is 2.13. The average Bonchev–Trinajstić information content (AvgIpc) is 2.88. The Labute approximate surface area is 115 Å². The largest absolute Gasteiger partial charge is 0.468 e. The lowest BCUT2D eigenvalue weighted by Crippen LogP contribution is -2.28. The minimum atomic E-state index is 0.413. The minimum Gasteiger partial charge on any atom is -0.468 e. The van der Waals surface area contributed by atoms with Crippen LogP contribution in [0, 0.1) is 0 Å². The number of likely N-dealkylation sites (N-methyl/N-ethyl adjacent to an activating group) is 1. The molecule has 1 aromatic rings. The molecule has 0 spiro atoms. The Bertz CT molecular complexity index is 395. The molecule has 1 aromatic heterocycles. The highest BCUT2D eigenvalue weighted by atomic mass is 16.5. The SMILES string of the molecule is CN(Cc1cc(CNC2CC2)co1)CC1CCCO1. The maximum atomic E-state index is 5.66. The van der Waals surface area contributed by atoms with Gasteiger partial charge in [0, 0.05) is 31.3 Å². The van der Waals surface area contributed by atoms with Crippen LogP contribution < -0.4 is 5.32 Å². The van der Waals surface area contributed by atoms with Crippen molar-refractivity contribution in [2.75, 3.05) is 20.2 Å². The molecular weight excluding hydrogens is 240 g/mol. The van der Waals surface area contributed by atoms with E-state index in [2.05, 4.69) is 23.3 Å². The van der Waals surface area contributed by atoms with Crippen molar-refractivity contribution in [3.05, 3.63) is 23.7 Å². The van der Waals surface area contributed by atoms with Crippen LogP contribution in [0.3, 0.4) is 0 Å². The fourth-order valence-corrected chi connectivity index (χ4v) is 2.62. The lowest BCUT2D eigenvalue weighted by Gasteiger charge is -2.19. The Hall–Kier alpha value is -0.840. The van der Waals surface area contributed by atoms with E-state index in [1.165, 1.54) is 31.2 Å². The van der Waals surface area contributed by atoms with Gasteiger partial charge in [0.2, 0.25) is 0 Å². The van der Waals surface area contributed by atoms with Gasteiger partial charge in [0.15, 0.2) is 0 Å². The maximum Gasteiger partial charge on any atom is 0.118 e. The molecule has 106 valence electrons. The van der Waals surface area contributed by atoms with E-state index in [0.29, 0.717) is 6.10 Å². The molecule has 0 bridgehead atoms. The monoisotopic (exact) mass is 264 g/mol. The van der Waals surface area contributed by atoms with Crippen LogP contribution in [0.25, 0.3) is 0 Å². The summed E-state index contributed by atoms with van der Waals surface area (Å²) in [6.45, 7) is 3.72. The first-order valence-corrected chi connectivity index (χ1v) is 7.39. The van der Waals surface area contributed by atoms with E-state index in [1.807, 2.05) is 6.26 Å². The maximum absolute atomic E-state index is 5.66. The predicted octanol–water partition coefficient (Wildman–Crippen LogP) is 2.14. The molecule has 0 amide bonds. The average molecular weight is 264 g/mol. The zero-order valence-electron chi connectivity index (χ0n) is 11.7. The summed E-state index contributed by atoms with van der Waals surface area (Å²) in [5.74, 6) is 1.05. The standard InChI is InChI=1S/C15H24N2O2/c1-17(9-14-3-2-6-18-14)10-15-7-12(11-19-15)8-16-13-4-5-13/h7,11,13-14,16H,2-6,8-10H2,1H3. The molecule has 3 rings (SSSR count). The summed E-state index contributed by atoms with van der Waals surface area (Å²) in [5, 5.41) is 3.50. The minimum absolute atomic E-state index is 0.413. The Morgan fingerprint density at radius 1 is 1.37 bits per heavy atom. The number of nitrogens with one attached hydrogen (secondary N) is 1. The number of ether oxygens (including phenoxy) is 1. The molecule has 1 atom stereocenters. The van der Waals surface area contributed by atoms with Gasteiger partial charge >= 0.3 is 0 Å². The normalized spacial score (nSPS) is 23.4. The molecule has 1 saturated carbocycles. The van der Waals surface area contributed by atoms with Gasteiger partial charge < -0.3 is 14.5 Å². The molecule has 2 heterocycles. The van der Waals surface area contributed by atoms with Crippen molar-refractivity contribution in [3.63, 3.8) is 0 Å². The lowest BCUT2D eigenvalue weighted by atomic mass is 10.2. The highest BCUT2D eigenvalue weighted by Gasteiger charge is 2.20. The predicted molar refractivity (Wildman–Crippen MR) is 73.9 cm³/mol. The second-order valence-electron chi connectivity index (χ2n) is 5.91. The molecule has 0 radical (unpaired) electrons. The van der Waals surface area contributed by atoms with Gasteiger partial charge in [-0.15, -0.1) is 0 Å². The number of hydrogen-bond acceptors (Lipinski definition) is 4. The summed E-state index contributed by atoms with van der Waals surface area (Å²) in [6, 6.07) is 2.92. The van der Waals surface area contributed by atoms with Crippen molar-refractivity contribution in [3.8, 4) is 0 Å². The molecule has 2 aliphatic rings. The van der Waals surface area contributed by atoms with Crippen molar-refractivity contribution >= 4 is 0 Å². The van der Waals surface area contributed by atoms with Crippen molar-refractivity contribution in [2.45, 2.75) is 50.9 Å². The van der Waals surface area contributed by atoms with Crippen LogP contribution >= 0.6 is 0 Å². The Balaban J connectivity index is 1.42. The van der Waals surface area contributed by atoms with E-state index in [9.17, 15) is 0 Å². The van der Waals surface area contributed by atoms with Crippen LogP contribution in [-0.2, 0) is 17.8 Å². The summed E-state index contributed by atoms with van der Waals surface area (Å²) in [6.07, 6.45) is 7.35. The van der Waals surface area contributed by atoms with E-state index in [4.69, 9.17) is 9.15 Å². The number of nitrogens with zero attached hydrogens (tertiary/aromatic N) is 1. The van der Waals surface area contributed by atoms with Crippen molar-refractivity contribution < 1.29 is 9.15 Å². The topological polar surface area (TPSA) is 37.6 Å². The van der Waals surface area contributed by atoms with E-state index < -0.39 is 0 Å². The quantitative estimate of drug-likeness (QED) is 0.819. The summed E-state index contributed by atoms with van der Waals surface area (Å²) < 4.78 is 11.3. The van der Waals surface area contributed by atoms with Crippen molar-refractivity contribution in [1.29, 1.82) is 0 Å². The molecule has 1 aliphatic heterocycles. The molecule has 0 aromatic carbocycles. The fourth-order valence-electron chi connectivity index (χ4n) is 2.62. The van der Waals surface area contributed by atoms with Crippen LogP contribution in [0.1, 0.15) is 37.0 Å². The van der Waals surface area contributed by atoms with Gasteiger partial charge in [-0.2, -0.15) is 0 Å². The van der Waals surface area contributed by atoms with E-state index in [0.717, 1.165) is 38.0 Å². The molecule has 1 N–H and O–H groups in total. The van der Waals surface area contributed by atoms with Crippen LogP contribution in [0.4, 0.5) is 0 Å². The van der Waals surface area contributed by atoms with Gasteiger partial charge in [0.05, 0.1) is 18.9 Å². The van der Waals surface area contributed by atoms with Gasteiger partial charge in [-0.1, -0.05) is 0 Å². The lowest BCUT2D eigenvalue weighted by molar-refractivity contribution is 0.0774. The molecular formula is C15H24N2O2. The molecule has 1 saturated heterocycles. The fraction of sp³-hybridized carbons (Fsp3) is 0.733. The van der Waals surface area contributed by atoms with Crippen molar-refractivity contribution in [1.82, 2.24) is 10.2 Å². The van der Waals surface area contributed by atoms with Crippen molar-refractivity contribution in [2.24, 2.45) is 0 Å². The number of rotatable bonds is 7. The highest BCUT2D eigenvalue weighted by molar-refractivity contribution is 5.13. The Morgan fingerprint density at radius 2 is 2.26 bits per heavy atom. The third-order valence-corrected chi connectivity index (χ3v) is 3.85. The van der Waals surface area contributed by atoms with E-state index in [1.54, 1.807) is 0 Å². The van der Waals surface area contributed by atoms with Gasteiger partial charge in [-0.25, -0.2) is 0 Å². The number of furan rings is 1. The molecule has 1 unspecified atom stereocenters.